The van der Waals surface area contributed by atoms with Crippen LogP contribution < -0.4 is 21.7 Å². The summed E-state index contributed by atoms with van der Waals surface area (Å²) in [5, 5.41) is 33.9. The Bertz CT molecular complexity index is 747. The number of nitrogens with one attached hydrogen (secondary N) is 3. The largest absolute Gasteiger partial charge is 0.481 e. The first-order valence-electron chi connectivity index (χ1n) is 9.29. The third-order valence-corrected chi connectivity index (χ3v) is 4.22. The maximum atomic E-state index is 12.3. The third-order valence-electron chi connectivity index (χ3n) is 4.22. The molecule has 0 aliphatic rings. The van der Waals surface area contributed by atoms with Crippen LogP contribution in [0, 0.1) is 0 Å². The highest BCUT2D eigenvalue weighted by Crippen LogP contribution is 2.02. The van der Waals surface area contributed by atoms with Crippen molar-refractivity contribution in [3.05, 3.63) is 35.9 Å². The first kappa shape index (κ1) is 25.1. The predicted molar refractivity (Wildman–Crippen MR) is 108 cm³/mol. The number of carbonyl (C=O) groups is 4. The molecule has 0 bridgehead atoms. The predicted octanol–water partition coefficient (Wildman–Crippen LogP) is -2.46. The van der Waals surface area contributed by atoms with Crippen LogP contribution in [0.4, 0.5) is 0 Å². The standard InChI is InChI=1S/C18H27BN4O7/c1-10(21-17(27)13(20)8-12-6-4-3-5-7-12)16(26)23-14(9-15(24)25)18(28)22-11(2)19(29)30/h3-7,10-11,13-14,29-30H,8-9,20H2,1-2H3,(H,21,27)(H,22,28)(H,23,26)(H,24,25)/t10-,11-,13-,14-/m0/s1. The SMILES string of the molecule is C[C@H](NC(=O)[C@H](CC(=O)O)NC(=O)[C@H](C)NC(=O)[C@@H](N)Cc1ccccc1)B(O)O. The molecule has 0 saturated carbocycles. The number of amides is 3. The summed E-state index contributed by atoms with van der Waals surface area (Å²) in [5.74, 6) is -4.73. The molecule has 3 amide bonds. The van der Waals surface area contributed by atoms with Crippen LogP contribution >= 0.6 is 0 Å². The zero-order valence-electron chi connectivity index (χ0n) is 16.7. The molecule has 0 spiro atoms. The van der Waals surface area contributed by atoms with Gasteiger partial charge in [0.25, 0.3) is 0 Å². The number of hydrogen-bond donors (Lipinski definition) is 7. The van der Waals surface area contributed by atoms with Crippen LogP contribution in [-0.2, 0) is 25.6 Å². The average molecular weight is 422 g/mol. The van der Waals surface area contributed by atoms with Crippen molar-refractivity contribution in [2.45, 2.75) is 50.8 Å². The first-order chi connectivity index (χ1) is 14.0. The lowest BCUT2D eigenvalue weighted by molar-refractivity contribution is -0.141. The molecule has 1 aromatic carbocycles. The van der Waals surface area contributed by atoms with E-state index in [2.05, 4.69) is 16.0 Å². The molecule has 0 saturated heterocycles. The summed E-state index contributed by atoms with van der Waals surface area (Å²) in [5.41, 5.74) is 6.71. The normalized spacial score (nSPS) is 14.6. The van der Waals surface area contributed by atoms with Gasteiger partial charge in [-0.2, -0.15) is 0 Å². The molecule has 0 aliphatic carbocycles. The van der Waals surface area contributed by atoms with Crippen molar-refractivity contribution < 1.29 is 34.3 Å². The van der Waals surface area contributed by atoms with E-state index in [4.69, 9.17) is 20.9 Å². The van der Waals surface area contributed by atoms with Gasteiger partial charge < -0.3 is 36.8 Å². The number of carboxylic acids is 1. The number of carboxylic acid groups (broad SMARTS) is 1. The maximum absolute atomic E-state index is 12.3. The Morgan fingerprint density at radius 2 is 1.57 bits per heavy atom. The molecule has 1 rings (SSSR count). The summed E-state index contributed by atoms with van der Waals surface area (Å²) in [7, 11) is -1.86. The van der Waals surface area contributed by atoms with E-state index in [1.807, 2.05) is 18.2 Å². The first-order valence-corrected chi connectivity index (χ1v) is 9.29. The van der Waals surface area contributed by atoms with E-state index in [9.17, 15) is 19.2 Å². The Labute approximate surface area is 174 Å². The highest BCUT2D eigenvalue weighted by molar-refractivity contribution is 6.43. The van der Waals surface area contributed by atoms with E-state index >= 15 is 0 Å². The Hall–Kier alpha value is -2.96. The highest BCUT2D eigenvalue weighted by Gasteiger charge is 2.30. The maximum Gasteiger partial charge on any atom is 0.475 e. The molecule has 8 N–H and O–H groups in total. The van der Waals surface area contributed by atoms with Crippen molar-refractivity contribution in [2.24, 2.45) is 5.73 Å². The Kier molecular flexibility index (Phi) is 9.95. The van der Waals surface area contributed by atoms with Crippen LogP contribution in [0.15, 0.2) is 30.3 Å². The van der Waals surface area contributed by atoms with Gasteiger partial charge in [-0.1, -0.05) is 30.3 Å². The summed E-state index contributed by atoms with van der Waals surface area (Å²) < 4.78 is 0. The average Bonchev–Trinajstić information content (AvgIpc) is 2.67. The molecular formula is C18H27BN4O7. The van der Waals surface area contributed by atoms with Gasteiger partial charge in [0, 0.05) is 0 Å². The van der Waals surface area contributed by atoms with E-state index in [0.717, 1.165) is 5.56 Å². The van der Waals surface area contributed by atoms with Gasteiger partial charge in [0.05, 0.1) is 18.4 Å². The number of hydrogen-bond acceptors (Lipinski definition) is 7. The fourth-order valence-electron chi connectivity index (χ4n) is 2.43. The lowest BCUT2D eigenvalue weighted by Crippen LogP contribution is -2.57. The van der Waals surface area contributed by atoms with Crippen molar-refractivity contribution >= 4 is 30.8 Å². The summed E-state index contributed by atoms with van der Waals surface area (Å²) in [6.07, 6.45) is -0.480. The van der Waals surface area contributed by atoms with Crippen LogP contribution in [-0.4, -0.2) is 70.0 Å². The topological polar surface area (TPSA) is 191 Å². The molecule has 0 heterocycles. The van der Waals surface area contributed by atoms with Gasteiger partial charge in [-0.25, -0.2) is 0 Å². The van der Waals surface area contributed by atoms with Crippen LogP contribution in [0.1, 0.15) is 25.8 Å². The van der Waals surface area contributed by atoms with Gasteiger partial charge in [0.1, 0.15) is 12.1 Å². The molecule has 11 nitrogen and oxygen atoms in total. The van der Waals surface area contributed by atoms with Crippen molar-refractivity contribution in [1.82, 2.24) is 16.0 Å². The van der Waals surface area contributed by atoms with E-state index in [0.29, 0.717) is 0 Å². The Morgan fingerprint density at radius 3 is 2.10 bits per heavy atom. The lowest BCUT2D eigenvalue weighted by atomic mass is 9.81. The van der Waals surface area contributed by atoms with Crippen molar-refractivity contribution in [2.75, 3.05) is 0 Å². The third kappa shape index (κ3) is 8.60. The summed E-state index contributed by atoms with van der Waals surface area (Å²) in [4.78, 5) is 47.7. The number of benzene rings is 1. The minimum absolute atomic E-state index is 0.256. The second-order valence-corrected chi connectivity index (χ2v) is 6.90. The van der Waals surface area contributed by atoms with Gasteiger partial charge in [0.15, 0.2) is 0 Å². The van der Waals surface area contributed by atoms with Crippen LogP contribution in [0.25, 0.3) is 0 Å². The zero-order chi connectivity index (χ0) is 22.8. The Morgan fingerprint density at radius 1 is 0.967 bits per heavy atom. The molecule has 30 heavy (non-hydrogen) atoms. The second kappa shape index (κ2) is 11.9. The molecular weight excluding hydrogens is 395 g/mol. The van der Waals surface area contributed by atoms with Gasteiger partial charge in [-0.05, 0) is 25.8 Å². The fourth-order valence-corrected chi connectivity index (χ4v) is 2.43. The van der Waals surface area contributed by atoms with Gasteiger partial charge in [0.2, 0.25) is 17.7 Å². The van der Waals surface area contributed by atoms with Crippen molar-refractivity contribution in [3.63, 3.8) is 0 Å². The van der Waals surface area contributed by atoms with Crippen LogP contribution in [0.2, 0.25) is 0 Å². The Balaban J connectivity index is 2.67. The summed E-state index contributed by atoms with van der Waals surface area (Å²) in [6, 6.07) is 5.57. The molecule has 1 aromatic rings. The zero-order valence-corrected chi connectivity index (χ0v) is 16.7. The van der Waals surface area contributed by atoms with E-state index in [1.54, 1.807) is 12.1 Å². The van der Waals surface area contributed by atoms with Crippen LogP contribution in [0.3, 0.4) is 0 Å². The van der Waals surface area contributed by atoms with Gasteiger partial charge in [-0.3, -0.25) is 19.2 Å². The number of aliphatic carboxylic acids is 1. The molecule has 0 radical (unpaired) electrons. The van der Waals surface area contributed by atoms with Crippen molar-refractivity contribution in [3.8, 4) is 0 Å². The van der Waals surface area contributed by atoms with E-state index in [-0.39, 0.29) is 6.42 Å². The quantitative estimate of drug-likeness (QED) is 0.191. The molecule has 4 atom stereocenters. The molecule has 0 aromatic heterocycles. The smallest absolute Gasteiger partial charge is 0.475 e. The lowest BCUT2D eigenvalue weighted by Gasteiger charge is -2.22. The molecule has 0 fully saturated rings. The van der Waals surface area contributed by atoms with Gasteiger partial charge in [-0.15, -0.1) is 0 Å². The van der Waals surface area contributed by atoms with E-state index in [1.165, 1.54) is 13.8 Å². The fraction of sp³-hybridized carbons (Fsp3) is 0.444. The highest BCUT2D eigenvalue weighted by atomic mass is 16.4. The minimum Gasteiger partial charge on any atom is -0.481 e. The molecule has 12 heteroatoms. The second-order valence-electron chi connectivity index (χ2n) is 6.90. The van der Waals surface area contributed by atoms with Gasteiger partial charge >= 0.3 is 13.1 Å². The summed E-state index contributed by atoms with van der Waals surface area (Å²) >= 11 is 0. The monoisotopic (exact) mass is 422 g/mol. The minimum atomic E-state index is -1.86. The number of carbonyl (C=O) groups excluding carboxylic acids is 3. The number of rotatable bonds is 11. The molecule has 0 aliphatic heterocycles. The van der Waals surface area contributed by atoms with E-state index < -0.39 is 61.3 Å². The molecule has 0 unspecified atom stereocenters. The molecule has 164 valence electrons. The van der Waals surface area contributed by atoms with Crippen molar-refractivity contribution in [1.29, 1.82) is 0 Å². The summed E-state index contributed by atoms with van der Waals surface area (Å²) in [6.45, 7) is 2.65. The van der Waals surface area contributed by atoms with Crippen LogP contribution in [0.5, 0.6) is 0 Å². The number of nitrogens with two attached hydrogens (primary N) is 1.